The van der Waals surface area contributed by atoms with Gasteiger partial charge >= 0.3 is 0 Å². The Morgan fingerprint density at radius 1 is 1.40 bits per heavy atom. The molecule has 1 fully saturated rings. The smallest absolute Gasteiger partial charge is 0.0594 e. The summed E-state index contributed by atoms with van der Waals surface area (Å²) in [6, 6.07) is 7.82. The highest BCUT2D eigenvalue weighted by molar-refractivity contribution is 6.30. The maximum absolute atomic E-state index is 6.22. The van der Waals surface area contributed by atoms with Crippen LogP contribution in [0.1, 0.15) is 24.9 Å². The lowest BCUT2D eigenvalue weighted by molar-refractivity contribution is 0.0995. The minimum absolute atomic E-state index is 0.0553. The molecule has 0 bridgehead atoms. The van der Waals surface area contributed by atoms with Crippen molar-refractivity contribution in [1.82, 2.24) is 0 Å². The molecule has 2 nitrogen and oxygen atoms in total. The van der Waals surface area contributed by atoms with Crippen molar-refractivity contribution in [2.75, 3.05) is 6.61 Å². The predicted octanol–water partition coefficient (Wildman–Crippen LogP) is 2.76. The number of halogens is 1. The van der Waals surface area contributed by atoms with Gasteiger partial charge in [0.05, 0.1) is 6.10 Å². The third-order valence-electron chi connectivity index (χ3n) is 3.15. The Labute approximate surface area is 95.4 Å². The fraction of sp³-hybridized carbons (Fsp3) is 0.500. The van der Waals surface area contributed by atoms with E-state index in [1.165, 1.54) is 0 Å². The molecule has 0 radical (unpaired) electrons. The van der Waals surface area contributed by atoms with Crippen LogP contribution in [0.3, 0.4) is 0 Å². The molecule has 1 aromatic rings. The summed E-state index contributed by atoms with van der Waals surface area (Å²) in [6.07, 6.45) is 1.31. The van der Waals surface area contributed by atoms with Crippen LogP contribution in [0.25, 0.3) is 0 Å². The molecule has 3 unspecified atom stereocenters. The van der Waals surface area contributed by atoms with E-state index in [9.17, 15) is 0 Å². The van der Waals surface area contributed by atoms with Crippen LogP contribution in [-0.4, -0.2) is 12.7 Å². The standard InChI is InChI=1S/C12H16ClNO/c1-8-11(6-7-15-8)12(14)9-2-4-10(13)5-3-9/h2-5,8,11-12H,6-7,14H2,1H3. The van der Waals surface area contributed by atoms with E-state index in [4.69, 9.17) is 22.1 Å². The van der Waals surface area contributed by atoms with Gasteiger partial charge in [0.1, 0.15) is 0 Å². The zero-order chi connectivity index (χ0) is 10.8. The molecule has 82 valence electrons. The molecule has 3 atom stereocenters. The van der Waals surface area contributed by atoms with Crippen LogP contribution < -0.4 is 5.73 Å². The first-order chi connectivity index (χ1) is 7.18. The van der Waals surface area contributed by atoms with Gasteiger partial charge in [-0.3, -0.25) is 0 Å². The van der Waals surface area contributed by atoms with E-state index >= 15 is 0 Å². The van der Waals surface area contributed by atoms with Crippen molar-refractivity contribution in [2.45, 2.75) is 25.5 Å². The molecule has 1 saturated heterocycles. The zero-order valence-electron chi connectivity index (χ0n) is 8.82. The van der Waals surface area contributed by atoms with E-state index < -0.39 is 0 Å². The Kier molecular flexibility index (Phi) is 3.29. The van der Waals surface area contributed by atoms with Crippen molar-refractivity contribution in [2.24, 2.45) is 11.7 Å². The summed E-state index contributed by atoms with van der Waals surface area (Å²) in [5.74, 6) is 0.422. The average Bonchev–Trinajstić information content (AvgIpc) is 2.65. The van der Waals surface area contributed by atoms with E-state index in [2.05, 4.69) is 6.92 Å². The molecule has 2 N–H and O–H groups in total. The molecule has 0 amide bonds. The Morgan fingerprint density at radius 2 is 2.07 bits per heavy atom. The largest absolute Gasteiger partial charge is 0.378 e. The molecular weight excluding hydrogens is 210 g/mol. The maximum atomic E-state index is 6.22. The summed E-state index contributed by atoms with van der Waals surface area (Å²) in [6.45, 7) is 2.92. The highest BCUT2D eigenvalue weighted by Gasteiger charge is 2.30. The van der Waals surface area contributed by atoms with Gasteiger partial charge in [0, 0.05) is 23.6 Å². The van der Waals surface area contributed by atoms with E-state index in [-0.39, 0.29) is 12.1 Å². The normalized spacial score (nSPS) is 27.9. The lowest BCUT2D eigenvalue weighted by Crippen LogP contribution is -2.26. The topological polar surface area (TPSA) is 35.2 Å². The monoisotopic (exact) mass is 225 g/mol. The third kappa shape index (κ3) is 2.33. The van der Waals surface area contributed by atoms with Crippen LogP contribution in [-0.2, 0) is 4.74 Å². The molecule has 1 aliphatic heterocycles. The van der Waals surface area contributed by atoms with Gasteiger partial charge in [0.25, 0.3) is 0 Å². The number of hydrogen-bond donors (Lipinski definition) is 1. The van der Waals surface area contributed by atoms with Gasteiger partial charge in [-0.1, -0.05) is 23.7 Å². The minimum Gasteiger partial charge on any atom is -0.378 e. The minimum atomic E-state index is 0.0553. The van der Waals surface area contributed by atoms with Crippen LogP contribution in [0.4, 0.5) is 0 Å². The summed E-state index contributed by atoms with van der Waals surface area (Å²) in [7, 11) is 0. The van der Waals surface area contributed by atoms with Crippen LogP contribution in [0.15, 0.2) is 24.3 Å². The predicted molar refractivity (Wildman–Crippen MR) is 61.9 cm³/mol. The van der Waals surface area contributed by atoms with Crippen molar-refractivity contribution in [3.63, 3.8) is 0 Å². The third-order valence-corrected chi connectivity index (χ3v) is 3.40. The van der Waals surface area contributed by atoms with Gasteiger partial charge in [-0.2, -0.15) is 0 Å². The van der Waals surface area contributed by atoms with Crippen LogP contribution in [0, 0.1) is 5.92 Å². The first-order valence-corrected chi connectivity index (χ1v) is 5.69. The van der Waals surface area contributed by atoms with Gasteiger partial charge in [-0.15, -0.1) is 0 Å². The lowest BCUT2D eigenvalue weighted by atomic mass is 9.89. The van der Waals surface area contributed by atoms with Crippen LogP contribution >= 0.6 is 11.6 Å². The number of rotatable bonds is 2. The van der Waals surface area contributed by atoms with E-state index in [1.807, 2.05) is 24.3 Å². The second kappa shape index (κ2) is 4.52. The van der Waals surface area contributed by atoms with Crippen molar-refractivity contribution < 1.29 is 4.74 Å². The van der Waals surface area contributed by atoms with E-state index in [0.717, 1.165) is 23.6 Å². The second-order valence-corrected chi connectivity index (χ2v) is 4.54. The summed E-state index contributed by atoms with van der Waals surface area (Å²) in [5.41, 5.74) is 7.36. The molecular formula is C12H16ClNO. The van der Waals surface area contributed by atoms with Crippen LogP contribution in [0.5, 0.6) is 0 Å². The molecule has 1 heterocycles. The van der Waals surface area contributed by atoms with Gasteiger partial charge in [0.2, 0.25) is 0 Å². The molecule has 15 heavy (non-hydrogen) atoms. The first-order valence-electron chi connectivity index (χ1n) is 5.31. The molecule has 0 aliphatic carbocycles. The number of hydrogen-bond acceptors (Lipinski definition) is 2. The quantitative estimate of drug-likeness (QED) is 0.840. The van der Waals surface area contributed by atoms with Crippen LogP contribution in [0.2, 0.25) is 5.02 Å². The summed E-state index contributed by atoms with van der Waals surface area (Å²) < 4.78 is 5.53. The number of benzene rings is 1. The Balaban J connectivity index is 2.13. The Hall–Kier alpha value is -0.570. The van der Waals surface area contributed by atoms with Gasteiger partial charge in [-0.25, -0.2) is 0 Å². The summed E-state index contributed by atoms with van der Waals surface area (Å²) >= 11 is 5.84. The fourth-order valence-electron chi connectivity index (χ4n) is 2.15. The Bertz CT molecular complexity index is 325. The SMILES string of the molecule is CC1OCCC1C(N)c1ccc(Cl)cc1. The van der Waals surface area contributed by atoms with Gasteiger partial charge in [-0.05, 0) is 31.0 Å². The van der Waals surface area contributed by atoms with E-state index in [0.29, 0.717) is 5.92 Å². The molecule has 1 aliphatic rings. The lowest BCUT2D eigenvalue weighted by Gasteiger charge is -2.22. The van der Waals surface area contributed by atoms with Crippen molar-refractivity contribution in [3.05, 3.63) is 34.9 Å². The van der Waals surface area contributed by atoms with Gasteiger partial charge < -0.3 is 10.5 Å². The molecule has 3 heteroatoms. The highest BCUT2D eigenvalue weighted by Crippen LogP contribution is 2.31. The molecule has 0 spiro atoms. The summed E-state index contributed by atoms with van der Waals surface area (Å²) in [4.78, 5) is 0. The van der Waals surface area contributed by atoms with Gasteiger partial charge in [0.15, 0.2) is 0 Å². The van der Waals surface area contributed by atoms with Crippen molar-refractivity contribution in [3.8, 4) is 0 Å². The van der Waals surface area contributed by atoms with Crippen molar-refractivity contribution >= 4 is 11.6 Å². The first kappa shape index (κ1) is 10.9. The second-order valence-electron chi connectivity index (χ2n) is 4.11. The molecule has 0 saturated carbocycles. The highest BCUT2D eigenvalue weighted by atomic mass is 35.5. The average molecular weight is 226 g/mol. The number of ether oxygens (including phenoxy) is 1. The molecule has 1 aromatic carbocycles. The van der Waals surface area contributed by atoms with Crippen molar-refractivity contribution in [1.29, 1.82) is 0 Å². The summed E-state index contributed by atoms with van der Waals surface area (Å²) in [5, 5.41) is 0.752. The van der Waals surface area contributed by atoms with E-state index in [1.54, 1.807) is 0 Å². The maximum Gasteiger partial charge on any atom is 0.0594 e. The number of nitrogens with two attached hydrogens (primary N) is 1. The zero-order valence-corrected chi connectivity index (χ0v) is 9.58. The Morgan fingerprint density at radius 3 is 2.60 bits per heavy atom. The molecule has 2 rings (SSSR count). The molecule has 0 aromatic heterocycles. The fourth-order valence-corrected chi connectivity index (χ4v) is 2.28.